The van der Waals surface area contributed by atoms with E-state index in [9.17, 15) is 22.4 Å². The van der Waals surface area contributed by atoms with Gasteiger partial charge in [0.2, 0.25) is 11.8 Å². The summed E-state index contributed by atoms with van der Waals surface area (Å²) in [4.78, 5) is 28.3. The van der Waals surface area contributed by atoms with Gasteiger partial charge in [-0.2, -0.15) is 0 Å². The van der Waals surface area contributed by atoms with Crippen molar-refractivity contribution in [2.24, 2.45) is 0 Å². The molecule has 0 aliphatic rings. The number of hydrogen-bond donors (Lipinski definition) is 1. The first-order chi connectivity index (χ1) is 18.2. The molecule has 39 heavy (non-hydrogen) atoms. The minimum atomic E-state index is -4.16. The van der Waals surface area contributed by atoms with Crippen LogP contribution in [0.4, 0.5) is 10.1 Å². The van der Waals surface area contributed by atoms with Gasteiger partial charge in [-0.3, -0.25) is 13.9 Å². The molecule has 2 amide bonds. The van der Waals surface area contributed by atoms with E-state index in [2.05, 4.69) is 5.32 Å². The topological polar surface area (TPSA) is 86.8 Å². The zero-order chi connectivity index (χ0) is 29.0. The summed E-state index contributed by atoms with van der Waals surface area (Å²) in [6.07, 6.45) is 0. The molecule has 3 aromatic rings. The Morgan fingerprint density at radius 3 is 2.15 bits per heavy atom. The largest absolute Gasteiger partial charge is 0.350 e. The standard InChI is InChI=1S/C30H36FN3O4S/c1-21-16-17-27(22(2)18-21)34(39(37,38)25-13-8-7-9-14-25)20-28(35)33(19-24-12-10-11-15-26(24)31)23(3)29(36)32-30(4,5)6/h7-18,23H,19-20H2,1-6H3,(H,32,36). The summed E-state index contributed by atoms with van der Waals surface area (Å²) in [5.74, 6) is -1.60. The lowest BCUT2D eigenvalue weighted by Gasteiger charge is -2.34. The number of sulfonamides is 1. The second-order valence-corrected chi connectivity index (χ2v) is 12.5. The van der Waals surface area contributed by atoms with Crippen molar-refractivity contribution in [3.8, 4) is 0 Å². The molecule has 0 heterocycles. The van der Waals surface area contributed by atoms with Gasteiger partial charge in [-0.05, 0) is 71.4 Å². The third kappa shape index (κ3) is 7.44. The van der Waals surface area contributed by atoms with Crippen LogP contribution in [0.15, 0.2) is 77.7 Å². The molecule has 0 aliphatic carbocycles. The fraction of sp³-hybridized carbons (Fsp3) is 0.333. The molecule has 3 rings (SSSR count). The Balaban J connectivity index is 2.07. The van der Waals surface area contributed by atoms with Gasteiger partial charge < -0.3 is 10.2 Å². The molecule has 1 unspecified atom stereocenters. The number of carbonyl (C=O) groups is 2. The van der Waals surface area contributed by atoms with Crippen molar-refractivity contribution in [1.82, 2.24) is 10.2 Å². The fourth-order valence-electron chi connectivity index (χ4n) is 4.19. The Bertz CT molecular complexity index is 1440. The van der Waals surface area contributed by atoms with E-state index in [0.29, 0.717) is 11.3 Å². The first kappa shape index (κ1) is 29.8. The molecule has 3 aromatic carbocycles. The molecule has 0 radical (unpaired) electrons. The number of nitrogens with zero attached hydrogens (tertiary/aromatic N) is 2. The molecule has 9 heteroatoms. The van der Waals surface area contributed by atoms with Crippen LogP contribution in [0.1, 0.15) is 44.4 Å². The molecule has 0 saturated heterocycles. The fourth-order valence-corrected chi connectivity index (χ4v) is 5.68. The van der Waals surface area contributed by atoms with Crippen molar-refractivity contribution in [2.75, 3.05) is 10.8 Å². The van der Waals surface area contributed by atoms with Gasteiger partial charge in [0, 0.05) is 17.6 Å². The average molecular weight is 554 g/mol. The molecule has 0 saturated carbocycles. The molecule has 1 atom stereocenters. The average Bonchev–Trinajstić information content (AvgIpc) is 2.86. The Morgan fingerprint density at radius 2 is 1.56 bits per heavy atom. The Labute approximate surface area is 230 Å². The number of amides is 2. The number of carbonyl (C=O) groups excluding carboxylic acids is 2. The number of benzene rings is 3. The highest BCUT2D eigenvalue weighted by molar-refractivity contribution is 7.92. The van der Waals surface area contributed by atoms with E-state index in [4.69, 9.17) is 0 Å². The Morgan fingerprint density at radius 1 is 0.949 bits per heavy atom. The molecule has 7 nitrogen and oxygen atoms in total. The van der Waals surface area contributed by atoms with Crippen LogP contribution in [-0.4, -0.2) is 43.3 Å². The van der Waals surface area contributed by atoms with Crippen LogP contribution in [0.3, 0.4) is 0 Å². The molecule has 0 aliphatic heterocycles. The Kier molecular flexibility index (Phi) is 9.17. The van der Waals surface area contributed by atoms with Gasteiger partial charge in [0.15, 0.2) is 0 Å². The second kappa shape index (κ2) is 12.0. The van der Waals surface area contributed by atoms with E-state index in [1.54, 1.807) is 50.2 Å². The maximum Gasteiger partial charge on any atom is 0.264 e. The predicted molar refractivity (Wildman–Crippen MR) is 151 cm³/mol. The van der Waals surface area contributed by atoms with Crippen molar-refractivity contribution in [2.45, 2.75) is 64.6 Å². The van der Waals surface area contributed by atoms with Crippen molar-refractivity contribution in [3.05, 3.63) is 95.3 Å². The number of anilines is 1. The zero-order valence-corrected chi connectivity index (χ0v) is 24.0. The smallest absolute Gasteiger partial charge is 0.264 e. The van der Waals surface area contributed by atoms with Crippen molar-refractivity contribution in [3.63, 3.8) is 0 Å². The quantitative estimate of drug-likeness (QED) is 0.405. The summed E-state index contributed by atoms with van der Waals surface area (Å²) in [5.41, 5.74) is 1.59. The zero-order valence-electron chi connectivity index (χ0n) is 23.2. The summed E-state index contributed by atoms with van der Waals surface area (Å²) in [7, 11) is -4.16. The normalized spacial score (nSPS) is 12.5. The molecule has 0 fully saturated rings. The molecular formula is C30H36FN3O4S. The predicted octanol–water partition coefficient (Wildman–Crippen LogP) is 4.97. The minimum absolute atomic E-state index is 0.0250. The number of rotatable bonds is 9. The summed E-state index contributed by atoms with van der Waals surface area (Å²) in [6.45, 7) is 9.87. The number of hydrogen-bond acceptors (Lipinski definition) is 4. The van der Waals surface area contributed by atoms with Gasteiger partial charge in [-0.15, -0.1) is 0 Å². The third-order valence-electron chi connectivity index (χ3n) is 6.20. The number of halogens is 1. The monoisotopic (exact) mass is 553 g/mol. The highest BCUT2D eigenvalue weighted by atomic mass is 32.2. The summed E-state index contributed by atoms with van der Waals surface area (Å²) >= 11 is 0. The number of nitrogens with one attached hydrogen (secondary N) is 1. The summed E-state index contributed by atoms with van der Waals surface area (Å²) < 4.78 is 43.4. The van der Waals surface area contributed by atoms with Crippen molar-refractivity contribution < 1.29 is 22.4 Å². The van der Waals surface area contributed by atoms with Crippen LogP contribution in [0.2, 0.25) is 0 Å². The lowest BCUT2D eigenvalue weighted by atomic mass is 10.1. The van der Waals surface area contributed by atoms with E-state index in [1.165, 1.54) is 35.2 Å². The first-order valence-electron chi connectivity index (χ1n) is 12.7. The van der Waals surface area contributed by atoms with E-state index in [0.717, 1.165) is 9.87 Å². The van der Waals surface area contributed by atoms with Crippen LogP contribution in [0.5, 0.6) is 0 Å². The van der Waals surface area contributed by atoms with Crippen LogP contribution in [0.25, 0.3) is 0 Å². The van der Waals surface area contributed by atoms with Gasteiger partial charge in [0.25, 0.3) is 10.0 Å². The molecule has 0 aromatic heterocycles. The lowest BCUT2D eigenvalue weighted by molar-refractivity contribution is -0.140. The second-order valence-electron chi connectivity index (χ2n) is 10.6. The van der Waals surface area contributed by atoms with Gasteiger partial charge >= 0.3 is 0 Å². The van der Waals surface area contributed by atoms with E-state index in [1.807, 2.05) is 33.8 Å². The van der Waals surface area contributed by atoms with Crippen LogP contribution >= 0.6 is 0 Å². The van der Waals surface area contributed by atoms with Crippen LogP contribution < -0.4 is 9.62 Å². The van der Waals surface area contributed by atoms with Crippen molar-refractivity contribution >= 4 is 27.5 Å². The van der Waals surface area contributed by atoms with Gasteiger partial charge in [0.1, 0.15) is 18.4 Å². The van der Waals surface area contributed by atoms with Gasteiger partial charge in [-0.25, -0.2) is 12.8 Å². The maximum atomic E-state index is 14.6. The SMILES string of the molecule is Cc1ccc(N(CC(=O)N(Cc2ccccc2F)C(C)C(=O)NC(C)(C)C)S(=O)(=O)c2ccccc2)c(C)c1. The van der Waals surface area contributed by atoms with E-state index >= 15 is 0 Å². The highest BCUT2D eigenvalue weighted by Crippen LogP contribution is 2.28. The summed E-state index contributed by atoms with van der Waals surface area (Å²) in [6, 6.07) is 18.1. The first-order valence-corrected chi connectivity index (χ1v) is 14.1. The van der Waals surface area contributed by atoms with Gasteiger partial charge in [0.05, 0.1) is 10.6 Å². The maximum absolute atomic E-state index is 14.6. The van der Waals surface area contributed by atoms with Crippen LogP contribution in [0, 0.1) is 19.7 Å². The molecule has 0 spiro atoms. The van der Waals surface area contributed by atoms with E-state index in [-0.39, 0.29) is 17.0 Å². The molecule has 208 valence electrons. The van der Waals surface area contributed by atoms with E-state index < -0.39 is 45.8 Å². The molecular weight excluding hydrogens is 517 g/mol. The number of aryl methyl sites for hydroxylation is 2. The third-order valence-corrected chi connectivity index (χ3v) is 7.97. The molecule has 0 bridgehead atoms. The van der Waals surface area contributed by atoms with Gasteiger partial charge in [-0.1, -0.05) is 54.1 Å². The molecule has 1 N–H and O–H groups in total. The summed E-state index contributed by atoms with van der Waals surface area (Å²) in [5, 5.41) is 2.85. The highest BCUT2D eigenvalue weighted by Gasteiger charge is 2.34. The minimum Gasteiger partial charge on any atom is -0.350 e. The lowest BCUT2D eigenvalue weighted by Crippen LogP contribution is -2.54. The Hall–Kier alpha value is -3.72. The van der Waals surface area contributed by atoms with Crippen LogP contribution in [-0.2, 0) is 26.2 Å². The van der Waals surface area contributed by atoms with Crippen molar-refractivity contribution in [1.29, 1.82) is 0 Å².